The van der Waals surface area contributed by atoms with E-state index in [0.29, 0.717) is 5.75 Å². The Hall–Kier alpha value is -0.450. The highest BCUT2D eigenvalue weighted by atomic mass is 32.1. The molecule has 0 spiro atoms. The molecule has 0 saturated heterocycles. The molecule has 1 unspecified atom stereocenters. The first-order valence-electron chi connectivity index (χ1n) is 10.6. The van der Waals surface area contributed by atoms with Crippen molar-refractivity contribution in [1.29, 1.82) is 0 Å². The molecule has 0 saturated carbocycles. The zero-order valence-electron chi connectivity index (χ0n) is 19.4. The summed E-state index contributed by atoms with van der Waals surface area (Å²) in [4.78, 5) is 47.1. The number of hydrogen-bond acceptors (Lipinski definition) is 15. The van der Waals surface area contributed by atoms with Gasteiger partial charge < -0.3 is 29.2 Å². The van der Waals surface area contributed by atoms with Crippen molar-refractivity contribution in [2.75, 3.05) is 61.8 Å². The minimum absolute atomic E-state index is 0.0670. The zero-order valence-corrected chi connectivity index (χ0v) is 23.8. The van der Waals surface area contributed by atoms with Crippen LogP contribution in [0.4, 0.5) is 0 Å². The van der Waals surface area contributed by atoms with Crippen LogP contribution in [-0.2, 0) is 38.1 Å². The molecule has 2 N–H and O–H groups in total. The Morgan fingerprint density at radius 2 is 0.857 bits per heavy atom. The maximum atomic E-state index is 11.8. The summed E-state index contributed by atoms with van der Waals surface area (Å²) >= 11 is 19.6. The molecule has 0 aliphatic heterocycles. The monoisotopic (exact) mass is 596 g/mol. The molecule has 0 aromatic rings. The third-order valence-corrected chi connectivity index (χ3v) is 5.16. The number of aliphatic hydroxyl groups is 2. The normalized spacial score (nSPS) is 11.5. The summed E-state index contributed by atoms with van der Waals surface area (Å²) in [5, 5.41) is 16.4. The summed E-state index contributed by atoms with van der Waals surface area (Å²) < 4.78 is 20.9. The van der Waals surface area contributed by atoms with Crippen LogP contribution in [-0.4, -0.2) is 102 Å². The fourth-order valence-electron chi connectivity index (χ4n) is 1.90. The Balaban J connectivity index is 0. The molecule has 206 valence electrons. The second-order valence-electron chi connectivity index (χ2n) is 7.06. The Morgan fingerprint density at radius 1 is 0.600 bits per heavy atom. The largest absolute Gasteiger partial charge is 0.465 e. The average Bonchev–Trinajstić information content (AvgIpc) is 2.83. The van der Waals surface area contributed by atoms with E-state index in [1.165, 1.54) is 0 Å². The Kier molecular flexibility index (Phi) is 25.1. The molecule has 1 atom stereocenters. The Labute approximate surface area is 233 Å². The highest BCUT2D eigenvalue weighted by molar-refractivity contribution is 7.80. The van der Waals surface area contributed by atoms with E-state index in [1.54, 1.807) is 0 Å². The molecule has 0 radical (unpaired) electrons. The van der Waals surface area contributed by atoms with Gasteiger partial charge in [0.1, 0.15) is 31.8 Å². The number of rotatable bonds is 18. The molecule has 0 bridgehead atoms. The molecule has 0 amide bonds. The number of carbonyl (C=O) groups is 4. The molecule has 10 nitrogen and oxygen atoms in total. The van der Waals surface area contributed by atoms with Gasteiger partial charge in [0, 0.05) is 28.8 Å². The third-order valence-electron chi connectivity index (χ3n) is 3.84. The van der Waals surface area contributed by atoms with Crippen molar-refractivity contribution in [3.8, 4) is 0 Å². The second-order valence-corrected chi connectivity index (χ2v) is 9.21. The van der Waals surface area contributed by atoms with Gasteiger partial charge in [-0.15, -0.1) is 0 Å². The van der Waals surface area contributed by atoms with Crippen LogP contribution in [0.2, 0.25) is 0 Å². The van der Waals surface area contributed by atoms with E-state index in [9.17, 15) is 19.2 Å². The minimum Gasteiger partial charge on any atom is -0.465 e. The van der Waals surface area contributed by atoms with Crippen LogP contribution in [0.5, 0.6) is 0 Å². The summed E-state index contributed by atoms with van der Waals surface area (Å²) in [6, 6.07) is 0. The predicted molar refractivity (Wildman–Crippen MR) is 147 cm³/mol. The predicted octanol–water partition coefficient (Wildman–Crippen LogP) is 0.695. The molecule has 0 aromatic carbocycles. The molecule has 15 heteroatoms. The molecule has 0 aromatic heterocycles. The Morgan fingerprint density at radius 3 is 1.00 bits per heavy atom. The Bertz CT molecular complexity index is 511. The lowest BCUT2D eigenvalue weighted by atomic mass is 9.92. The summed E-state index contributed by atoms with van der Waals surface area (Å²) in [6.07, 6.45) is -0.377. The van der Waals surface area contributed by atoms with E-state index in [4.69, 9.17) is 29.2 Å². The maximum absolute atomic E-state index is 11.8. The van der Waals surface area contributed by atoms with E-state index in [0.717, 1.165) is 0 Å². The number of thiol groups is 5. The highest BCUT2D eigenvalue weighted by Crippen LogP contribution is 2.22. The lowest BCUT2D eigenvalue weighted by molar-refractivity contribution is -0.170. The van der Waals surface area contributed by atoms with E-state index in [-0.39, 0.29) is 81.7 Å². The van der Waals surface area contributed by atoms with Crippen molar-refractivity contribution in [3.63, 3.8) is 0 Å². The second kappa shape index (κ2) is 23.9. The molecular weight excluding hydrogens is 561 g/mol. The molecule has 0 aliphatic carbocycles. The van der Waals surface area contributed by atoms with E-state index < -0.39 is 35.4 Å². The van der Waals surface area contributed by atoms with Crippen LogP contribution in [0.25, 0.3) is 0 Å². The van der Waals surface area contributed by atoms with Crippen LogP contribution in [0.3, 0.4) is 0 Å². The van der Waals surface area contributed by atoms with E-state index in [2.05, 4.69) is 63.1 Å². The first-order chi connectivity index (χ1) is 16.6. The van der Waals surface area contributed by atoms with Crippen molar-refractivity contribution < 1.29 is 48.3 Å². The van der Waals surface area contributed by atoms with Crippen LogP contribution in [0.1, 0.15) is 25.7 Å². The van der Waals surface area contributed by atoms with Crippen molar-refractivity contribution >= 4 is 87.0 Å². The van der Waals surface area contributed by atoms with Gasteiger partial charge >= 0.3 is 23.9 Å². The van der Waals surface area contributed by atoms with Crippen molar-refractivity contribution in [2.24, 2.45) is 5.41 Å². The van der Waals surface area contributed by atoms with Gasteiger partial charge in [0.2, 0.25) is 0 Å². The third kappa shape index (κ3) is 21.4. The van der Waals surface area contributed by atoms with Gasteiger partial charge in [-0.3, -0.25) is 19.2 Å². The molecule has 0 aliphatic rings. The lowest BCUT2D eigenvalue weighted by Gasteiger charge is -2.31. The van der Waals surface area contributed by atoms with Gasteiger partial charge in [-0.2, -0.15) is 63.1 Å². The molecular formula is C20H36O10S5. The summed E-state index contributed by atoms with van der Waals surface area (Å²) in [6.45, 7) is -1.32. The van der Waals surface area contributed by atoms with E-state index in [1.807, 2.05) is 0 Å². The van der Waals surface area contributed by atoms with Gasteiger partial charge in [-0.25, -0.2) is 0 Å². The van der Waals surface area contributed by atoms with Crippen molar-refractivity contribution in [1.82, 2.24) is 0 Å². The zero-order chi connectivity index (χ0) is 27.1. The van der Waals surface area contributed by atoms with Gasteiger partial charge in [-0.1, -0.05) is 0 Å². The van der Waals surface area contributed by atoms with Gasteiger partial charge in [-0.05, 0) is 0 Å². The number of hydrogen-bond donors (Lipinski definition) is 7. The van der Waals surface area contributed by atoms with Crippen LogP contribution in [0, 0.1) is 5.41 Å². The molecule has 35 heavy (non-hydrogen) atoms. The number of ether oxygens (including phenoxy) is 4. The fourth-order valence-corrected chi connectivity index (χ4v) is 2.74. The van der Waals surface area contributed by atoms with Crippen LogP contribution < -0.4 is 0 Å². The number of esters is 4. The molecule has 0 rings (SSSR count). The SMILES string of the molecule is O=C(CCS)OCC(COC(=O)CCS)(COC(=O)CCS)COC(=O)CCS.OCC(O)CS. The van der Waals surface area contributed by atoms with Crippen LogP contribution >= 0.6 is 63.1 Å². The quantitative estimate of drug-likeness (QED) is 0.0686. The van der Waals surface area contributed by atoms with Gasteiger partial charge in [0.15, 0.2) is 0 Å². The van der Waals surface area contributed by atoms with Crippen molar-refractivity contribution in [3.05, 3.63) is 0 Å². The van der Waals surface area contributed by atoms with Gasteiger partial charge in [0.25, 0.3) is 0 Å². The minimum atomic E-state index is -1.25. The van der Waals surface area contributed by atoms with Gasteiger partial charge in [0.05, 0.1) is 38.4 Å². The van der Waals surface area contributed by atoms with E-state index >= 15 is 0 Å². The first kappa shape index (κ1) is 36.7. The van der Waals surface area contributed by atoms with Crippen LogP contribution in [0.15, 0.2) is 0 Å². The smallest absolute Gasteiger partial charge is 0.306 e. The average molecular weight is 597 g/mol. The maximum Gasteiger partial charge on any atom is 0.306 e. The fraction of sp³-hybridized carbons (Fsp3) is 0.800. The summed E-state index contributed by atoms with van der Waals surface area (Å²) in [7, 11) is 0. The number of aliphatic hydroxyl groups excluding tert-OH is 2. The standard InChI is InChI=1S/C17H28O8S4.C3H8O2S/c18-13(1-5-26)22-9-17(10-23-14(19)2-6-27,11-24-15(20)3-7-28)12-25-16(21)4-8-29;4-1-3(5)2-6/h26-29H,1-12H2;3-6H,1-2H2. The molecule has 0 heterocycles. The number of carbonyl (C=O) groups excluding carboxylic acids is 4. The molecule has 0 fully saturated rings. The van der Waals surface area contributed by atoms with Crippen molar-refractivity contribution in [2.45, 2.75) is 31.8 Å². The summed E-state index contributed by atoms with van der Waals surface area (Å²) in [5.41, 5.74) is -1.25. The highest BCUT2D eigenvalue weighted by Gasteiger charge is 2.37. The topological polar surface area (TPSA) is 146 Å². The first-order valence-corrected chi connectivity index (χ1v) is 13.8. The summed E-state index contributed by atoms with van der Waals surface area (Å²) in [5.74, 6) is -0.649. The lowest BCUT2D eigenvalue weighted by Crippen LogP contribution is -2.44.